The van der Waals surface area contributed by atoms with Gasteiger partial charge in [-0.2, -0.15) is 0 Å². The van der Waals surface area contributed by atoms with Crippen LogP contribution in [-0.4, -0.2) is 0 Å². The maximum absolute atomic E-state index is 9.42. The molecule has 0 spiro atoms. The van der Waals surface area contributed by atoms with Gasteiger partial charge in [-0.1, -0.05) is 266 Å². The van der Waals surface area contributed by atoms with E-state index in [4.69, 9.17) is 40.1 Å². The lowest BCUT2D eigenvalue weighted by Crippen LogP contribution is -1.96. The highest BCUT2D eigenvalue weighted by atomic mass is 16.3. The topological polar surface area (TPSA) is 13.1 Å². The van der Waals surface area contributed by atoms with Gasteiger partial charge in [0.25, 0.3) is 0 Å². The lowest BCUT2D eigenvalue weighted by molar-refractivity contribution is 0.669. The fourth-order valence-corrected chi connectivity index (χ4v) is 10.5. The van der Waals surface area contributed by atoms with Gasteiger partial charge in [-0.3, -0.25) is 0 Å². The van der Waals surface area contributed by atoms with Crippen LogP contribution in [0.15, 0.2) is 295 Å². The molecule has 15 aromatic carbocycles. The smallest absolute Gasteiger partial charge is 0.136 e. The molecule has 1 heterocycles. The maximum Gasteiger partial charge on any atom is 0.136 e. The first kappa shape index (κ1) is 23.3. The van der Waals surface area contributed by atoms with Crippen LogP contribution in [0.3, 0.4) is 0 Å². The van der Waals surface area contributed by atoms with Crippen molar-refractivity contribution in [2.75, 3.05) is 0 Å². The SMILES string of the molecule is [2H]c1c([2H])c(-c2c3c([2H])c([2H])c([2H])c([2H])c3c(Cc3c([2H])c([2H])c([2H])c4c([2H])c([2H])c([2H])c([2H])c34)c3c([2H])c([2H])c([2H])c([2H])c23)c([2H])c([2H])c1-c1c([2H])c([2H])c2c([2H])c([2H])c([2H])c([2H])c2c1[2H].[2H]c1c([2H])c([2H])c2c(-c3ccccc3)c3c([2H])c([2H])c([2H])c([2H])c3c(Cc3cccc4oc5cc6ccccc6cc5c34)c2c1[2H]. The van der Waals surface area contributed by atoms with Gasteiger partial charge in [0, 0.05) is 10.8 Å². The van der Waals surface area contributed by atoms with Gasteiger partial charge in [0.05, 0.1) is 46.6 Å². The van der Waals surface area contributed by atoms with Gasteiger partial charge in [-0.05, 0) is 168 Å². The fourth-order valence-electron chi connectivity index (χ4n) is 10.5. The summed E-state index contributed by atoms with van der Waals surface area (Å²) in [6, 6.07) is 1.78. The van der Waals surface area contributed by atoms with Crippen molar-refractivity contribution in [3.63, 3.8) is 0 Å². The summed E-state index contributed by atoms with van der Waals surface area (Å²) < 4.78 is 307. The predicted octanol–water partition coefficient (Wildman–Crippen LogP) is 21.5. The molecule has 0 bridgehead atoms. The number of hydrogen-bond acceptors (Lipinski definition) is 1. The summed E-state index contributed by atoms with van der Waals surface area (Å²) in [7, 11) is 0. The van der Waals surface area contributed by atoms with Crippen LogP contribution in [0.2, 0.25) is 0 Å². The molecule has 0 amide bonds. The maximum atomic E-state index is 9.42. The highest BCUT2D eigenvalue weighted by molar-refractivity contribution is 6.17. The average Bonchev–Trinajstić information content (AvgIpc) is 1.35. The largest absolute Gasteiger partial charge is 0.456 e. The van der Waals surface area contributed by atoms with Crippen LogP contribution in [0.4, 0.5) is 0 Å². The van der Waals surface area contributed by atoms with Crippen molar-refractivity contribution < 1.29 is 51.0 Å². The van der Waals surface area contributed by atoms with Crippen molar-refractivity contribution in [3.8, 4) is 33.4 Å². The molecule has 0 N–H and O–H groups in total. The van der Waals surface area contributed by atoms with Crippen molar-refractivity contribution in [1.82, 2.24) is 0 Å². The van der Waals surface area contributed by atoms with Crippen LogP contribution >= 0.6 is 0 Å². The first-order chi connectivity index (χ1) is 53.3. The van der Waals surface area contributed by atoms with Crippen LogP contribution in [0.5, 0.6) is 0 Å². The Morgan fingerprint density at radius 1 is 0.278 bits per heavy atom. The normalized spacial score (nSPS) is 17.7. The molecule has 0 unspecified atom stereocenters. The molecule has 0 saturated carbocycles. The van der Waals surface area contributed by atoms with E-state index in [1.165, 1.54) is 0 Å². The van der Waals surface area contributed by atoms with Crippen molar-refractivity contribution in [2.24, 2.45) is 0 Å². The third kappa shape index (κ3) is 8.18. The Labute approximate surface area is 506 Å². The number of rotatable bonds is 7. The van der Waals surface area contributed by atoms with Crippen LogP contribution in [0.25, 0.3) is 131 Å². The van der Waals surface area contributed by atoms with E-state index >= 15 is 0 Å². The van der Waals surface area contributed by atoms with Crippen molar-refractivity contribution >= 4 is 97.3 Å². The minimum absolute atomic E-state index is 0.130. The summed E-state index contributed by atoms with van der Waals surface area (Å²) >= 11 is 0. The summed E-state index contributed by atoms with van der Waals surface area (Å²) in [5.41, 5.74) is -0.233. The predicted molar refractivity (Wildman–Crippen MR) is 338 cm³/mol. The minimum atomic E-state index is -1.04. The molecule has 16 rings (SSSR count). The average molecular weight is 1040 g/mol. The molecule has 0 saturated heterocycles. The monoisotopic (exact) mass is 1040 g/mol. The molecule has 0 aliphatic carbocycles. The first-order valence-electron chi connectivity index (χ1n) is 41.7. The number of fused-ring (bicyclic) bond motifs is 10. The summed E-state index contributed by atoms with van der Waals surface area (Å²) in [6.45, 7) is 0. The fraction of sp³-hybridized carbons (Fsp3) is 0.0256. The Kier molecular flexibility index (Phi) is 5.74. The summed E-state index contributed by atoms with van der Waals surface area (Å²) in [6.07, 6.45) is -0.699. The Bertz CT molecular complexity index is 6890. The second-order valence-corrected chi connectivity index (χ2v) is 18.4. The molecule has 0 atom stereocenters. The lowest BCUT2D eigenvalue weighted by atomic mass is 9.85. The van der Waals surface area contributed by atoms with Crippen molar-refractivity contribution in [2.45, 2.75) is 12.8 Å². The van der Waals surface area contributed by atoms with E-state index in [1.807, 2.05) is 54.6 Å². The van der Waals surface area contributed by atoms with Gasteiger partial charge in [0.1, 0.15) is 11.2 Å². The molecule has 1 nitrogen and oxygen atoms in total. The number of hydrogen-bond donors (Lipinski definition) is 0. The van der Waals surface area contributed by atoms with E-state index in [9.17, 15) is 11.0 Å². The highest BCUT2D eigenvalue weighted by Crippen LogP contribution is 2.44. The van der Waals surface area contributed by atoms with Gasteiger partial charge in [0.2, 0.25) is 0 Å². The minimum Gasteiger partial charge on any atom is -0.456 e. The quantitative estimate of drug-likeness (QED) is 0.145. The molecule has 0 aliphatic heterocycles. The molecule has 0 fully saturated rings. The molecular formula is C78H52O. The third-order valence-electron chi connectivity index (χ3n) is 14.0. The summed E-state index contributed by atoms with van der Waals surface area (Å²) in [4.78, 5) is 0. The van der Waals surface area contributed by atoms with E-state index in [2.05, 4.69) is 6.07 Å². The zero-order chi connectivity index (χ0) is 81.8. The Morgan fingerprint density at radius 3 is 1.39 bits per heavy atom. The van der Waals surface area contributed by atoms with Crippen LogP contribution in [0, 0.1) is 0 Å². The van der Waals surface area contributed by atoms with E-state index in [0.717, 1.165) is 27.1 Å². The van der Waals surface area contributed by atoms with E-state index in [0.29, 0.717) is 27.9 Å². The second-order valence-electron chi connectivity index (χ2n) is 18.4. The van der Waals surface area contributed by atoms with Gasteiger partial charge >= 0.3 is 0 Å². The molecule has 1 heteroatoms. The first-order valence-corrected chi connectivity index (χ1v) is 24.7. The number of furan rings is 1. The zero-order valence-corrected chi connectivity index (χ0v) is 40.9. The Balaban J connectivity index is 0.000000190. The van der Waals surface area contributed by atoms with Gasteiger partial charge < -0.3 is 4.42 Å². The Hall–Kier alpha value is -10.1. The molecule has 370 valence electrons. The van der Waals surface area contributed by atoms with Crippen LogP contribution in [-0.2, 0) is 12.8 Å². The summed E-state index contributed by atoms with van der Waals surface area (Å²) in [5, 5.41) is 0.423. The summed E-state index contributed by atoms with van der Waals surface area (Å²) in [5.74, 6) is 0. The second kappa shape index (κ2) is 19.5. The van der Waals surface area contributed by atoms with Gasteiger partial charge in [-0.15, -0.1) is 0 Å². The molecular weight excluding hydrogens is 953 g/mol. The molecule has 0 radical (unpaired) electrons. The number of benzene rings is 15. The van der Waals surface area contributed by atoms with Crippen LogP contribution < -0.4 is 0 Å². The Morgan fingerprint density at radius 2 is 0.759 bits per heavy atom. The van der Waals surface area contributed by atoms with E-state index in [-0.39, 0.29) is 57.7 Å². The van der Waals surface area contributed by atoms with Gasteiger partial charge in [0.15, 0.2) is 0 Å². The lowest BCUT2D eigenvalue weighted by Gasteiger charge is -2.18. The van der Waals surface area contributed by atoms with Gasteiger partial charge in [-0.25, -0.2) is 0 Å². The highest BCUT2D eigenvalue weighted by Gasteiger charge is 2.20. The molecule has 0 aliphatic rings. The molecule has 16 aromatic rings. The standard InChI is InChI=1S/C41H28.C37H24O/c1-2-12-32-26-33(25-22-28(32)10-1)29-20-23-31(24-21-29)41-38-18-7-5-16-36(38)40(37-17-6-8-19-39(37)41)27-34-14-9-13-30-11-3-4-15-35(30)34;1-2-11-24(12-3-1)36-30-18-8-6-16-28(30)32(29-17-7-9-19-31(29)36)22-27-15-10-20-34-37(27)33-21-25-13-4-5-14-26(25)23-35(33)38-34/h1-26H,27H2;1-21,23H,22H2/i1D,2D,3D,4D,5D,6D,7D,8D,9D,10D,11D,12D,13D,14D,15D,16D,17D,18D,19D,20D,21D,22D,23D,24D,25D,26D;6D,7D,8D,9D,16D,17D,18D,19D. The van der Waals surface area contributed by atoms with Crippen molar-refractivity contribution in [3.05, 3.63) is 313 Å². The zero-order valence-electron chi connectivity index (χ0n) is 74.9. The molecule has 79 heavy (non-hydrogen) atoms. The van der Waals surface area contributed by atoms with E-state index < -0.39 is 259 Å². The third-order valence-corrected chi connectivity index (χ3v) is 14.0. The molecule has 1 aromatic heterocycles. The van der Waals surface area contributed by atoms with E-state index in [1.54, 1.807) is 24.3 Å². The van der Waals surface area contributed by atoms with Crippen LogP contribution in [0.1, 0.15) is 68.9 Å². The van der Waals surface area contributed by atoms with Crippen molar-refractivity contribution in [1.29, 1.82) is 0 Å².